The van der Waals surface area contributed by atoms with Crippen molar-refractivity contribution in [2.45, 2.75) is 51.1 Å². The molecule has 0 saturated carbocycles. The molecular weight excluding hydrogens is 542 g/mol. The molecule has 0 aromatic carbocycles. The lowest BCUT2D eigenvalue weighted by Crippen LogP contribution is -2.51. The molecule has 0 aliphatic carbocycles. The van der Waals surface area contributed by atoms with Crippen LogP contribution in [0.1, 0.15) is 36.6 Å². The van der Waals surface area contributed by atoms with E-state index >= 15 is 0 Å². The summed E-state index contributed by atoms with van der Waals surface area (Å²) >= 11 is 1.66. The fraction of sp³-hybridized carbons (Fsp3) is 0.750. The Hall–Kier alpha value is -0.670. The molecule has 1 aliphatic heterocycles. The number of thiazole rings is 1. The molecule has 0 unspecified atom stereocenters. The van der Waals surface area contributed by atoms with Crippen LogP contribution in [-0.2, 0) is 22.9 Å². The van der Waals surface area contributed by atoms with Gasteiger partial charge in [0.2, 0.25) is 0 Å². The molecule has 2 N–H and O–H groups in total. The van der Waals surface area contributed by atoms with Crippen LogP contribution in [0.2, 0.25) is 0 Å². The van der Waals surface area contributed by atoms with Gasteiger partial charge in [-0.3, -0.25) is 4.99 Å². The Kier molecular flexibility index (Phi) is 10.6. The Balaban J connectivity index is 0.00000420. The number of aromatic nitrogens is 1. The highest BCUT2D eigenvalue weighted by molar-refractivity contribution is 14.0. The molecule has 1 aromatic rings. The zero-order chi connectivity index (χ0) is 20.8. The van der Waals surface area contributed by atoms with E-state index in [4.69, 9.17) is 0 Å². The number of piperidine rings is 1. The first-order valence-corrected chi connectivity index (χ1v) is 11.5. The smallest absolute Gasteiger partial charge is 0.357 e. The monoisotopic (exact) mass is 569 g/mol. The van der Waals surface area contributed by atoms with Gasteiger partial charge in [-0.25, -0.2) is 13.4 Å². The minimum atomic E-state index is -5.25. The molecule has 2 heterocycles. The predicted octanol–water partition coefficient (Wildman–Crippen LogP) is 2.74. The number of nitrogens with zero attached hydrogens (tertiary/aromatic N) is 3. The van der Waals surface area contributed by atoms with E-state index in [1.54, 1.807) is 11.3 Å². The van der Waals surface area contributed by atoms with E-state index < -0.39 is 15.5 Å². The van der Waals surface area contributed by atoms with Gasteiger partial charge in [0.25, 0.3) is 0 Å². The maximum absolute atomic E-state index is 12.7. The fourth-order valence-corrected chi connectivity index (χ4v) is 4.63. The lowest BCUT2D eigenvalue weighted by molar-refractivity contribution is -0.0494. The van der Waals surface area contributed by atoms with E-state index in [-0.39, 0.29) is 55.9 Å². The average Bonchev–Trinajstić information content (AvgIpc) is 3.09. The second kappa shape index (κ2) is 11.6. The van der Waals surface area contributed by atoms with Crippen LogP contribution in [0.5, 0.6) is 0 Å². The number of aliphatic imine (C=N–C) groups is 1. The average molecular weight is 569 g/mol. The number of rotatable bonds is 7. The van der Waals surface area contributed by atoms with E-state index in [1.807, 2.05) is 13.1 Å². The van der Waals surface area contributed by atoms with Gasteiger partial charge in [-0.2, -0.15) is 17.5 Å². The second-order valence-corrected chi connectivity index (χ2v) is 9.48. The topological polar surface area (TPSA) is 86.7 Å². The highest BCUT2D eigenvalue weighted by atomic mass is 127. The van der Waals surface area contributed by atoms with Crippen LogP contribution in [0.3, 0.4) is 0 Å². The van der Waals surface area contributed by atoms with Crippen LogP contribution in [0.4, 0.5) is 13.2 Å². The van der Waals surface area contributed by atoms with Crippen molar-refractivity contribution in [2.24, 2.45) is 4.99 Å². The molecule has 168 valence electrons. The fourth-order valence-electron chi connectivity index (χ4n) is 2.79. The highest BCUT2D eigenvalue weighted by Gasteiger charge is 2.50. The molecule has 0 bridgehead atoms. The summed E-state index contributed by atoms with van der Waals surface area (Å²) in [5.74, 6) is 0.576. The first-order valence-electron chi connectivity index (χ1n) is 9.22. The maximum atomic E-state index is 12.7. The highest BCUT2D eigenvalue weighted by Crippen LogP contribution is 2.28. The summed E-state index contributed by atoms with van der Waals surface area (Å²) in [5, 5.41) is 7.31. The van der Waals surface area contributed by atoms with Crippen molar-refractivity contribution in [1.82, 2.24) is 19.9 Å². The van der Waals surface area contributed by atoms with E-state index in [0.717, 1.165) is 11.4 Å². The summed E-state index contributed by atoms with van der Waals surface area (Å²) in [6.45, 7) is 4.84. The lowest BCUT2D eigenvalue weighted by Gasteiger charge is -2.32. The summed E-state index contributed by atoms with van der Waals surface area (Å²) in [7, 11) is -5.25. The minimum absolute atomic E-state index is 0. The molecule has 0 amide bonds. The first kappa shape index (κ1) is 26.4. The number of halogens is 4. The number of hydrogen-bond acceptors (Lipinski definition) is 5. The van der Waals surface area contributed by atoms with Gasteiger partial charge in [0.05, 0.1) is 5.01 Å². The van der Waals surface area contributed by atoms with Crippen molar-refractivity contribution in [2.75, 3.05) is 26.2 Å². The summed E-state index contributed by atoms with van der Waals surface area (Å²) in [5.41, 5.74) is -5.25. The summed E-state index contributed by atoms with van der Waals surface area (Å²) in [6.07, 6.45) is 4.10. The Morgan fingerprint density at radius 2 is 2.00 bits per heavy atom. The third kappa shape index (κ3) is 7.51. The normalized spacial score (nSPS) is 17.1. The third-order valence-corrected chi connectivity index (χ3v) is 7.15. The van der Waals surface area contributed by atoms with Crippen LogP contribution in [0, 0.1) is 0 Å². The maximum Gasteiger partial charge on any atom is 0.511 e. The van der Waals surface area contributed by atoms with Crippen LogP contribution >= 0.6 is 35.3 Å². The van der Waals surface area contributed by atoms with Crippen LogP contribution in [0.25, 0.3) is 0 Å². The zero-order valence-electron chi connectivity index (χ0n) is 16.3. The molecule has 13 heteroatoms. The molecule has 1 aliphatic rings. The Labute approximate surface area is 190 Å². The molecule has 7 nitrogen and oxygen atoms in total. The molecule has 1 saturated heterocycles. The van der Waals surface area contributed by atoms with Crippen molar-refractivity contribution in [3.8, 4) is 0 Å². The predicted molar refractivity (Wildman–Crippen MR) is 119 cm³/mol. The number of guanidine groups is 1. The van der Waals surface area contributed by atoms with Crippen molar-refractivity contribution in [1.29, 1.82) is 0 Å². The van der Waals surface area contributed by atoms with Crippen molar-refractivity contribution in [3.63, 3.8) is 0 Å². The molecule has 1 aromatic heterocycles. The van der Waals surface area contributed by atoms with Gasteiger partial charge < -0.3 is 10.6 Å². The number of alkyl halides is 3. The molecule has 29 heavy (non-hydrogen) atoms. The standard InChI is InChI=1S/C16H26F3N5O2S2.HI/c1-3-13-11-22-14(27-13)5-8-21-15(20-4-2)23-12-6-9-24(10-7-12)28(25,26)16(17,18)19;/h11-12H,3-10H2,1-2H3,(H2,20,21,23);1H. The summed E-state index contributed by atoms with van der Waals surface area (Å²) in [4.78, 5) is 10.1. The molecule has 1 fully saturated rings. The van der Waals surface area contributed by atoms with E-state index in [1.165, 1.54) is 4.88 Å². The van der Waals surface area contributed by atoms with Gasteiger partial charge in [0, 0.05) is 49.7 Å². The largest absolute Gasteiger partial charge is 0.511 e. The number of hydrogen-bond donors (Lipinski definition) is 2. The second-order valence-electron chi connectivity index (χ2n) is 6.35. The number of aryl methyl sites for hydroxylation is 1. The third-order valence-electron chi connectivity index (χ3n) is 4.32. The summed E-state index contributed by atoms with van der Waals surface area (Å²) in [6, 6.07) is -0.135. The van der Waals surface area contributed by atoms with E-state index in [0.29, 0.717) is 29.8 Å². The van der Waals surface area contributed by atoms with Gasteiger partial charge in [0.1, 0.15) is 0 Å². The zero-order valence-corrected chi connectivity index (χ0v) is 20.3. The Morgan fingerprint density at radius 1 is 1.34 bits per heavy atom. The summed E-state index contributed by atoms with van der Waals surface area (Å²) < 4.78 is 61.4. The van der Waals surface area contributed by atoms with Gasteiger partial charge in [-0.05, 0) is 26.2 Å². The SMILES string of the molecule is CCNC(=NCCc1ncc(CC)s1)NC1CCN(S(=O)(=O)C(F)(F)F)CC1.I. The van der Waals surface area contributed by atoms with Crippen molar-refractivity contribution < 1.29 is 21.6 Å². The van der Waals surface area contributed by atoms with Gasteiger partial charge >= 0.3 is 15.5 Å². The molecule has 0 atom stereocenters. The van der Waals surface area contributed by atoms with Crippen LogP contribution < -0.4 is 10.6 Å². The lowest BCUT2D eigenvalue weighted by atomic mass is 10.1. The molecule has 2 rings (SSSR count). The van der Waals surface area contributed by atoms with Gasteiger partial charge in [-0.1, -0.05) is 6.92 Å². The quantitative estimate of drug-likeness (QED) is 0.300. The van der Waals surface area contributed by atoms with E-state index in [2.05, 4.69) is 27.5 Å². The molecular formula is C16H27F3IN5O2S2. The van der Waals surface area contributed by atoms with Gasteiger partial charge in [-0.15, -0.1) is 35.3 Å². The molecule has 0 spiro atoms. The first-order chi connectivity index (χ1) is 13.2. The minimum Gasteiger partial charge on any atom is -0.357 e. The number of sulfonamides is 1. The number of nitrogens with one attached hydrogen (secondary N) is 2. The molecule has 0 radical (unpaired) electrons. The van der Waals surface area contributed by atoms with Crippen molar-refractivity contribution >= 4 is 51.3 Å². The van der Waals surface area contributed by atoms with Crippen molar-refractivity contribution in [3.05, 3.63) is 16.1 Å². The van der Waals surface area contributed by atoms with Crippen LogP contribution in [0.15, 0.2) is 11.2 Å². The van der Waals surface area contributed by atoms with Crippen LogP contribution in [-0.4, -0.2) is 61.4 Å². The van der Waals surface area contributed by atoms with E-state index in [9.17, 15) is 21.6 Å². The van der Waals surface area contributed by atoms with Gasteiger partial charge in [0.15, 0.2) is 5.96 Å². The Morgan fingerprint density at radius 3 is 2.52 bits per heavy atom. The Bertz CT molecular complexity index is 763.